The molecule has 0 N–H and O–H groups in total. The Morgan fingerprint density at radius 1 is 1.60 bits per heavy atom. The zero-order chi connectivity index (χ0) is 11.7. The Kier molecular flexibility index (Phi) is 3.41. The van der Waals surface area contributed by atoms with E-state index in [0.29, 0.717) is 19.4 Å². The van der Waals surface area contributed by atoms with E-state index in [2.05, 4.69) is 6.07 Å². The molecule has 0 bridgehead atoms. The summed E-state index contributed by atoms with van der Waals surface area (Å²) in [5.74, 6) is 0.0715. The van der Waals surface area contributed by atoms with Gasteiger partial charge >= 0.3 is 0 Å². The van der Waals surface area contributed by atoms with Gasteiger partial charge in [0, 0.05) is 13.4 Å². The van der Waals surface area contributed by atoms with Gasteiger partial charge in [-0.1, -0.05) is 6.92 Å². The zero-order valence-corrected chi connectivity index (χ0v) is 10.2. The van der Waals surface area contributed by atoms with Crippen LogP contribution in [0.5, 0.6) is 0 Å². The van der Waals surface area contributed by atoms with E-state index in [4.69, 9.17) is 4.74 Å². The van der Waals surface area contributed by atoms with Gasteiger partial charge in [0.15, 0.2) is 0 Å². The third-order valence-corrected chi connectivity index (χ3v) is 4.95. The predicted molar refractivity (Wildman–Crippen MR) is 57.0 cm³/mol. The molecule has 0 amide bonds. The molecule has 0 aliphatic heterocycles. The van der Waals surface area contributed by atoms with Crippen LogP contribution in [-0.2, 0) is 14.6 Å². The molecule has 86 valence electrons. The van der Waals surface area contributed by atoms with Crippen LogP contribution in [0.2, 0.25) is 0 Å². The summed E-state index contributed by atoms with van der Waals surface area (Å²) < 4.78 is 27.9. The van der Waals surface area contributed by atoms with Crippen molar-refractivity contribution in [3.63, 3.8) is 0 Å². The first kappa shape index (κ1) is 12.5. The summed E-state index contributed by atoms with van der Waals surface area (Å²) in [6, 6.07) is 2.24. The Bertz CT molecular complexity index is 371. The maximum atomic E-state index is 11.4. The average molecular weight is 231 g/mol. The molecule has 0 radical (unpaired) electrons. The number of ether oxygens (including phenoxy) is 1. The summed E-state index contributed by atoms with van der Waals surface area (Å²) in [6.45, 7) is 2.24. The Hall–Kier alpha value is -0.600. The Balaban J connectivity index is 2.93. The number of nitriles is 1. The zero-order valence-electron chi connectivity index (χ0n) is 9.36. The van der Waals surface area contributed by atoms with Crippen LogP contribution in [0, 0.1) is 22.7 Å². The molecule has 0 heterocycles. The molecule has 1 aliphatic rings. The minimum Gasteiger partial charge on any atom is -0.383 e. The second-order valence-electron chi connectivity index (χ2n) is 4.49. The standard InChI is InChI=1S/C10H17NO3S/c1-8-4-9(15(3,12)13)5-10(8,6-11)7-14-2/h8-9H,4-5,7H2,1-3H3/t8-,9+,10-/m1/s1. The molecule has 0 saturated heterocycles. The number of sulfone groups is 1. The summed E-state index contributed by atoms with van der Waals surface area (Å²) in [6.07, 6.45) is 2.21. The largest absolute Gasteiger partial charge is 0.383 e. The van der Waals surface area contributed by atoms with Gasteiger partial charge in [-0.25, -0.2) is 8.42 Å². The maximum Gasteiger partial charge on any atom is 0.150 e. The molecule has 5 heteroatoms. The van der Waals surface area contributed by atoms with Gasteiger partial charge in [0.05, 0.1) is 23.3 Å². The maximum absolute atomic E-state index is 11.4. The first-order valence-corrected chi connectivity index (χ1v) is 6.90. The third-order valence-electron chi connectivity index (χ3n) is 3.38. The fourth-order valence-electron chi connectivity index (χ4n) is 2.28. The predicted octanol–water partition coefficient (Wildman–Crippen LogP) is 0.986. The topological polar surface area (TPSA) is 67.2 Å². The highest BCUT2D eigenvalue weighted by molar-refractivity contribution is 7.91. The molecule has 0 aromatic rings. The van der Waals surface area contributed by atoms with E-state index < -0.39 is 15.3 Å². The van der Waals surface area contributed by atoms with Gasteiger partial charge in [-0.2, -0.15) is 5.26 Å². The number of hydrogen-bond donors (Lipinski definition) is 0. The van der Waals surface area contributed by atoms with Crippen LogP contribution in [0.25, 0.3) is 0 Å². The van der Waals surface area contributed by atoms with E-state index in [-0.39, 0.29) is 11.2 Å². The molecule has 15 heavy (non-hydrogen) atoms. The monoisotopic (exact) mass is 231 g/mol. The van der Waals surface area contributed by atoms with Crippen molar-refractivity contribution in [3.05, 3.63) is 0 Å². The van der Waals surface area contributed by atoms with Gasteiger partial charge in [-0.05, 0) is 18.8 Å². The van der Waals surface area contributed by atoms with E-state index >= 15 is 0 Å². The van der Waals surface area contributed by atoms with Crippen molar-refractivity contribution >= 4 is 9.84 Å². The second kappa shape index (κ2) is 4.11. The number of rotatable bonds is 3. The van der Waals surface area contributed by atoms with Crippen molar-refractivity contribution in [2.24, 2.45) is 11.3 Å². The first-order chi connectivity index (χ1) is 6.85. The lowest BCUT2D eigenvalue weighted by molar-refractivity contribution is 0.0951. The van der Waals surface area contributed by atoms with Crippen LogP contribution in [0.3, 0.4) is 0 Å². The number of methoxy groups -OCH3 is 1. The minimum absolute atomic E-state index is 0.0715. The fraction of sp³-hybridized carbons (Fsp3) is 0.900. The minimum atomic E-state index is -3.04. The number of nitrogens with zero attached hydrogens (tertiary/aromatic N) is 1. The van der Waals surface area contributed by atoms with Crippen molar-refractivity contribution in [1.29, 1.82) is 5.26 Å². The Morgan fingerprint density at radius 2 is 2.20 bits per heavy atom. The van der Waals surface area contributed by atoms with E-state index in [9.17, 15) is 13.7 Å². The molecule has 1 rings (SSSR count). The Labute approximate surface area is 91.1 Å². The fourth-order valence-corrected chi connectivity index (χ4v) is 3.52. The van der Waals surface area contributed by atoms with Gasteiger partial charge in [-0.3, -0.25) is 0 Å². The highest BCUT2D eigenvalue weighted by atomic mass is 32.2. The van der Waals surface area contributed by atoms with E-state index in [1.165, 1.54) is 6.26 Å². The average Bonchev–Trinajstić information content (AvgIpc) is 2.45. The lowest BCUT2D eigenvalue weighted by atomic mass is 9.81. The quantitative estimate of drug-likeness (QED) is 0.726. The van der Waals surface area contributed by atoms with Gasteiger partial charge in [-0.15, -0.1) is 0 Å². The van der Waals surface area contributed by atoms with Crippen molar-refractivity contribution in [2.45, 2.75) is 25.0 Å². The van der Waals surface area contributed by atoms with E-state index in [1.807, 2.05) is 6.92 Å². The van der Waals surface area contributed by atoms with E-state index in [0.717, 1.165) is 0 Å². The molecular weight excluding hydrogens is 214 g/mol. The summed E-state index contributed by atoms with van der Waals surface area (Å²) >= 11 is 0. The molecule has 1 aliphatic carbocycles. The molecule has 4 nitrogen and oxygen atoms in total. The lowest BCUT2D eigenvalue weighted by Gasteiger charge is -2.24. The summed E-state index contributed by atoms with van der Waals surface area (Å²) in [7, 11) is -1.50. The summed E-state index contributed by atoms with van der Waals surface area (Å²) in [5, 5.41) is 8.79. The molecule has 0 aromatic carbocycles. The van der Waals surface area contributed by atoms with Gasteiger partial charge in [0.2, 0.25) is 0 Å². The van der Waals surface area contributed by atoms with Crippen molar-refractivity contribution < 1.29 is 13.2 Å². The molecule has 1 saturated carbocycles. The van der Waals surface area contributed by atoms with Gasteiger partial charge < -0.3 is 4.74 Å². The molecule has 0 aromatic heterocycles. The highest BCUT2D eigenvalue weighted by Gasteiger charge is 2.48. The SMILES string of the molecule is COC[C@]1(C#N)C[C@@H](S(C)(=O)=O)C[C@H]1C. The van der Waals surface area contributed by atoms with Crippen molar-refractivity contribution in [3.8, 4) is 6.07 Å². The number of hydrogen-bond acceptors (Lipinski definition) is 4. The van der Waals surface area contributed by atoms with E-state index in [1.54, 1.807) is 7.11 Å². The van der Waals surface area contributed by atoms with Gasteiger partial charge in [0.25, 0.3) is 0 Å². The molecule has 0 spiro atoms. The second-order valence-corrected chi connectivity index (χ2v) is 6.82. The third kappa shape index (κ3) is 2.32. The van der Waals surface area contributed by atoms with Crippen molar-refractivity contribution in [1.82, 2.24) is 0 Å². The molecule has 0 unspecified atom stereocenters. The Morgan fingerprint density at radius 3 is 2.53 bits per heavy atom. The summed E-state index contributed by atoms with van der Waals surface area (Å²) in [5.41, 5.74) is -0.623. The molecule has 1 fully saturated rings. The van der Waals surface area contributed by atoms with Crippen molar-refractivity contribution in [2.75, 3.05) is 20.0 Å². The first-order valence-electron chi connectivity index (χ1n) is 4.95. The van der Waals surface area contributed by atoms with Crippen LogP contribution >= 0.6 is 0 Å². The van der Waals surface area contributed by atoms with Gasteiger partial charge in [0.1, 0.15) is 9.84 Å². The normalized spacial score (nSPS) is 36.4. The van der Waals surface area contributed by atoms with Crippen LogP contribution in [-0.4, -0.2) is 33.6 Å². The lowest BCUT2D eigenvalue weighted by Crippen LogP contribution is -2.28. The van der Waals surface area contributed by atoms with Crippen LogP contribution in [0.4, 0.5) is 0 Å². The smallest absolute Gasteiger partial charge is 0.150 e. The highest BCUT2D eigenvalue weighted by Crippen LogP contribution is 2.45. The van der Waals surface area contributed by atoms with Crippen LogP contribution in [0.15, 0.2) is 0 Å². The molecular formula is C10H17NO3S. The van der Waals surface area contributed by atoms with Crippen LogP contribution in [0.1, 0.15) is 19.8 Å². The molecule has 3 atom stereocenters. The summed E-state index contributed by atoms with van der Waals surface area (Å²) in [4.78, 5) is 0. The van der Waals surface area contributed by atoms with Crippen LogP contribution < -0.4 is 0 Å².